The third-order valence-electron chi connectivity index (χ3n) is 2.62. The predicted octanol–water partition coefficient (Wildman–Crippen LogP) is 1.62. The first-order valence-corrected chi connectivity index (χ1v) is 7.87. The summed E-state index contributed by atoms with van der Waals surface area (Å²) in [6, 6.07) is 4.73. The average Bonchev–Trinajstić information content (AvgIpc) is 2.39. The minimum absolute atomic E-state index is 0.0170. The van der Waals surface area contributed by atoms with Gasteiger partial charge in [-0.2, -0.15) is 4.72 Å². The van der Waals surface area contributed by atoms with Gasteiger partial charge < -0.3 is 9.84 Å². The van der Waals surface area contributed by atoms with E-state index in [9.17, 15) is 13.2 Å². The minimum Gasteiger partial charge on any atom is -0.494 e. The number of aliphatic carboxylic acids is 1. The van der Waals surface area contributed by atoms with Crippen LogP contribution in [0.1, 0.15) is 26.7 Å². The molecule has 0 spiro atoms. The average molecular weight is 301 g/mol. The molecular formula is C13H19NO5S. The molecule has 6 nitrogen and oxygen atoms in total. The van der Waals surface area contributed by atoms with Crippen molar-refractivity contribution in [1.82, 2.24) is 4.72 Å². The second-order valence-corrected chi connectivity index (χ2v) is 5.92. The third kappa shape index (κ3) is 4.50. The van der Waals surface area contributed by atoms with Crippen LogP contribution in [-0.4, -0.2) is 32.1 Å². The van der Waals surface area contributed by atoms with Crippen molar-refractivity contribution in [3.63, 3.8) is 0 Å². The SMILES string of the molecule is CCC[C@@H](NS(=O)(=O)c1ccc(OCC)cc1)C(=O)O. The number of ether oxygens (including phenoxy) is 1. The van der Waals surface area contributed by atoms with Crippen LogP contribution in [0.25, 0.3) is 0 Å². The van der Waals surface area contributed by atoms with E-state index in [2.05, 4.69) is 4.72 Å². The summed E-state index contributed by atoms with van der Waals surface area (Å²) in [6.45, 7) is 4.11. The molecule has 112 valence electrons. The predicted molar refractivity (Wildman–Crippen MR) is 74.3 cm³/mol. The molecule has 1 aromatic rings. The maximum absolute atomic E-state index is 12.1. The van der Waals surface area contributed by atoms with Crippen molar-refractivity contribution in [3.8, 4) is 5.75 Å². The van der Waals surface area contributed by atoms with E-state index in [-0.39, 0.29) is 11.3 Å². The summed E-state index contributed by atoms with van der Waals surface area (Å²) in [5.74, 6) is -0.615. The van der Waals surface area contributed by atoms with E-state index in [1.807, 2.05) is 6.92 Å². The molecule has 0 aliphatic carbocycles. The number of carbonyl (C=O) groups is 1. The zero-order valence-corrected chi connectivity index (χ0v) is 12.3. The number of hydrogen-bond acceptors (Lipinski definition) is 4. The highest BCUT2D eigenvalue weighted by molar-refractivity contribution is 7.89. The van der Waals surface area contributed by atoms with Crippen LogP contribution >= 0.6 is 0 Å². The Morgan fingerprint density at radius 3 is 2.35 bits per heavy atom. The van der Waals surface area contributed by atoms with Crippen molar-refractivity contribution < 1.29 is 23.1 Å². The molecule has 1 atom stereocenters. The summed E-state index contributed by atoms with van der Waals surface area (Å²) in [7, 11) is -3.84. The summed E-state index contributed by atoms with van der Waals surface area (Å²) in [5, 5.41) is 8.98. The Hall–Kier alpha value is -1.60. The molecule has 0 aromatic heterocycles. The number of nitrogens with one attached hydrogen (secondary N) is 1. The smallest absolute Gasteiger partial charge is 0.321 e. The Morgan fingerprint density at radius 1 is 1.30 bits per heavy atom. The fourth-order valence-electron chi connectivity index (χ4n) is 1.66. The van der Waals surface area contributed by atoms with E-state index in [1.165, 1.54) is 24.3 Å². The van der Waals surface area contributed by atoms with Crippen LogP contribution in [0.3, 0.4) is 0 Å². The minimum atomic E-state index is -3.84. The van der Waals surface area contributed by atoms with Crippen molar-refractivity contribution in [3.05, 3.63) is 24.3 Å². The van der Waals surface area contributed by atoms with E-state index in [0.717, 1.165) is 0 Å². The Balaban J connectivity index is 2.89. The summed E-state index contributed by atoms with van der Waals surface area (Å²) in [4.78, 5) is 11.0. The molecule has 2 N–H and O–H groups in total. The van der Waals surface area contributed by atoms with E-state index in [0.29, 0.717) is 18.8 Å². The van der Waals surface area contributed by atoms with Gasteiger partial charge in [0.05, 0.1) is 11.5 Å². The molecule has 0 radical (unpaired) electrons. The molecule has 0 aliphatic rings. The van der Waals surface area contributed by atoms with Crippen molar-refractivity contribution in [2.24, 2.45) is 0 Å². The molecular weight excluding hydrogens is 282 g/mol. The molecule has 20 heavy (non-hydrogen) atoms. The van der Waals surface area contributed by atoms with Crippen molar-refractivity contribution in [1.29, 1.82) is 0 Å². The van der Waals surface area contributed by atoms with Crippen molar-refractivity contribution in [2.75, 3.05) is 6.61 Å². The Kier molecular flexibility index (Phi) is 5.97. The number of benzene rings is 1. The highest BCUT2D eigenvalue weighted by Crippen LogP contribution is 2.16. The van der Waals surface area contributed by atoms with Crippen LogP contribution in [0.2, 0.25) is 0 Å². The van der Waals surface area contributed by atoms with Gasteiger partial charge in [0, 0.05) is 0 Å². The molecule has 0 aliphatic heterocycles. The molecule has 0 unspecified atom stereocenters. The first-order chi connectivity index (χ1) is 9.40. The Bertz CT molecular complexity index is 538. The van der Waals surface area contributed by atoms with Crippen LogP contribution < -0.4 is 9.46 Å². The van der Waals surface area contributed by atoms with Gasteiger partial charge in [-0.25, -0.2) is 8.42 Å². The standard InChI is InChI=1S/C13H19NO5S/c1-3-5-12(13(15)16)14-20(17,18)11-8-6-10(7-9-11)19-4-2/h6-9,12,14H,3-5H2,1-2H3,(H,15,16)/t12-/m1/s1. The molecule has 0 saturated heterocycles. The molecule has 1 rings (SSSR count). The van der Waals surface area contributed by atoms with Crippen LogP contribution in [0, 0.1) is 0 Å². The maximum atomic E-state index is 12.1. The molecule has 7 heteroatoms. The third-order valence-corrected chi connectivity index (χ3v) is 4.11. The van der Waals surface area contributed by atoms with Gasteiger partial charge in [0.15, 0.2) is 0 Å². The fraction of sp³-hybridized carbons (Fsp3) is 0.462. The van der Waals surface area contributed by atoms with Crippen molar-refractivity contribution in [2.45, 2.75) is 37.6 Å². The second-order valence-electron chi connectivity index (χ2n) is 4.21. The lowest BCUT2D eigenvalue weighted by Gasteiger charge is -2.14. The topological polar surface area (TPSA) is 92.7 Å². The molecule has 0 saturated carbocycles. The largest absolute Gasteiger partial charge is 0.494 e. The first-order valence-electron chi connectivity index (χ1n) is 6.38. The quantitative estimate of drug-likeness (QED) is 0.761. The molecule has 0 bridgehead atoms. The second kappa shape index (κ2) is 7.25. The zero-order chi connectivity index (χ0) is 15.2. The molecule has 0 heterocycles. The van der Waals surface area contributed by atoms with Gasteiger partial charge in [-0.3, -0.25) is 4.79 Å². The van der Waals surface area contributed by atoms with E-state index in [1.54, 1.807) is 6.92 Å². The summed E-state index contributed by atoms with van der Waals surface area (Å²) >= 11 is 0. The molecule has 0 fully saturated rings. The van der Waals surface area contributed by atoms with E-state index < -0.39 is 22.0 Å². The number of rotatable bonds is 8. The zero-order valence-electron chi connectivity index (χ0n) is 11.5. The van der Waals surface area contributed by atoms with Gasteiger partial charge in [-0.05, 0) is 37.6 Å². The number of carboxylic acids is 1. The summed E-state index contributed by atoms with van der Waals surface area (Å²) < 4.78 is 31.6. The number of sulfonamides is 1. The highest BCUT2D eigenvalue weighted by atomic mass is 32.2. The van der Waals surface area contributed by atoms with Gasteiger partial charge in [-0.15, -0.1) is 0 Å². The normalized spacial score (nSPS) is 12.9. The Labute approximate surface area is 118 Å². The van der Waals surface area contributed by atoms with Crippen LogP contribution in [0.4, 0.5) is 0 Å². The van der Waals surface area contributed by atoms with E-state index in [4.69, 9.17) is 9.84 Å². The first kappa shape index (κ1) is 16.5. The maximum Gasteiger partial charge on any atom is 0.321 e. The molecule has 1 aromatic carbocycles. The van der Waals surface area contributed by atoms with Crippen molar-refractivity contribution >= 4 is 16.0 Å². The molecule has 0 amide bonds. The van der Waals surface area contributed by atoms with Crippen LogP contribution in [0.5, 0.6) is 5.75 Å². The lowest BCUT2D eigenvalue weighted by molar-refractivity contribution is -0.139. The highest BCUT2D eigenvalue weighted by Gasteiger charge is 2.24. The van der Waals surface area contributed by atoms with Gasteiger partial charge in [-0.1, -0.05) is 13.3 Å². The van der Waals surface area contributed by atoms with Gasteiger partial charge in [0.1, 0.15) is 11.8 Å². The van der Waals surface area contributed by atoms with Gasteiger partial charge in [0.2, 0.25) is 10.0 Å². The Morgan fingerprint density at radius 2 is 1.90 bits per heavy atom. The number of carboxylic acid groups (broad SMARTS) is 1. The monoisotopic (exact) mass is 301 g/mol. The van der Waals surface area contributed by atoms with Crippen LogP contribution in [0.15, 0.2) is 29.2 Å². The summed E-state index contributed by atoms with van der Waals surface area (Å²) in [6.07, 6.45) is 0.814. The van der Waals surface area contributed by atoms with Crippen LogP contribution in [-0.2, 0) is 14.8 Å². The lowest BCUT2D eigenvalue weighted by Crippen LogP contribution is -2.40. The lowest BCUT2D eigenvalue weighted by atomic mass is 10.2. The summed E-state index contributed by atoms with van der Waals surface area (Å²) in [5.41, 5.74) is 0. The number of hydrogen-bond donors (Lipinski definition) is 2. The van der Waals surface area contributed by atoms with E-state index >= 15 is 0 Å². The van der Waals surface area contributed by atoms with Gasteiger partial charge in [0.25, 0.3) is 0 Å². The fourth-order valence-corrected chi connectivity index (χ4v) is 2.88. The van der Waals surface area contributed by atoms with Gasteiger partial charge >= 0.3 is 5.97 Å².